The number of rotatable bonds is 6. The molecule has 1 atom stereocenters. The lowest BCUT2D eigenvalue weighted by atomic mass is 10.0. The average Bonchev–Trinajstić information content (AvgIpc) is 2.69. The molecule has 2 aliphatic rings. The monoisotopic (exact) mass is 393 g/mol. The van der Waals surface area contributed by atoms with Gasteiger partial charge in [-0.1, -0.05) is 19.8 Å². The van der Waals surface area contributed by atoms with Crippen LogP contribution < -0.4 is 5.32 Å². The Morgan fingerprint density at radius 3 is 2.37 bits per heavy atom. The maximum Gasteiger partial charge on any atom is 0.243 e. The third-order valence-corrected chi connectivity index (χ3v) is 7.57. The minimum atomic E-state index is -3.48. The van der Waals surface area contributed by atoms with Crippen molar-refractivity contribution in [2.45, 2.75) is 62.8 Å². The van der Waals surface area contributed by atoms with E-state index in [1.54, 1.807) is 28.6 Å². The van der Waals surface area contributed by atoms with Gasteiger partial charge in [0.15, 0.2) is 0 Å². The van der Waals surface area contributed by atoms with Crippen LogP contribution in [-0.4, -0.2) is 55.8 Å². The van der Waals surface area contributed by atoms with Crippen LogP contribution in [0.4, 0.5) is 5.69 Å². The van der Waals surface area contributed by atoms with E-state index in [2.05, 4.69) is 10.2 Å². The number of benzene rings is 1. The standard InChI is InChI=1S/C20H31N3O3S/c1-2-18-8-4-7-15-23(18)27(25,26)19-11-9-17(10-12-19)21-20(24)16-22-13-5-3-6-14-22/h9-12,18H,2-8,13-16H2,1H3,(H,21,24). The number of carbonyl (C=O) groups excluding carboxylic acids is 1. The van der Waals surface area contributed by atoms with E-state index in [0.717, 1.165) is 51.6 Å². The Morgan fingerprint density at radius 2 is 1.70 bits per heavy atom. The van der Waals surface area contributed by atoms with Crippen LogP contribution in [0, 0.1) is 0 Å². The molecule has 0 aliphatic carbocycles. The molecular weight excluding hydrogens is 362 g/mol. The van der Waals surface area contributed by atoms with Crippen molar-refractivity contribution in [3.05, 3.63) is 24.3 Å². The predicted octanol–water partition coefficient (Wildman–Crippen LogP) is 3.06. The van der Waals surface area contributed by atoms with Gasteiger partial charge in [-0.15, -0.1) is 0 Å². The number of amides is 1. The first-order valence-electron chi connectivity index (χ1n) is 10.1. The molecule has 1 unspecified atom stereocenters. The van der Waals surface area contributed by atoms with Crippen LogP contribution in [0.1, 0.15) is 51.9 Å². The van der Waals surface area contributed by atoms with Crippen LogP contribution in [-0.2, 0) is 14.8 Å². The molecule has 1 amide bonds. The molecule has 0 aromatic heterocycles. The zero-order valence-corrected chi connectivity index (χ0v) is 17.0. The number of piperidine rings is 2. The minimum Gasteiger partial charge on any atom is -0.325 e. The van der Waals surface area contributed by atoms with E-state index in [-0.39, 0.29) is 11.9 Å². The summed E-state index contributed by atoms with van der Waals surface area (Å²) >= 11 is 0. The van der Waals surface area contributed by atoms with Gasteiger partial charge in [0.1, 0.15) is 0 Å². The summed E-state index contributed by atoms with van der Waals surface area (Å²) in [5.41, 5.74) is 0.640. The van der Waals surface area contributed by atoms with Crippen LogP contribution in [0.2, 0.25) is 0 Å². The molecule has 2 fully saturated rings. The van der Waals surface area contributed by atoms with Crippen LogP contribution in [0.5, 0.6) is 0 Å². The van der Waals surface area contributed by atoms with Gasteiger partial charge in [-0.2, -0.15) is 4.31 Å². The lowest BCUT2D eigenvalue weighted by Gasteiger charge is -2.34. The van der Waals surface area contributed by atoms with Crippen molar-refractivity contribution in [3.8, 4) is 0 Å². The number of nitrogens with zero attached hydrogens (tertiary/aromatic N) is 2. The molecule has 0 spiro atoms. The first-order valence-corrected chi connectivity index (χ1v) is 11.6. The molecule has 2 aliphatic heterocycles. The Balaban J connectivity index is 1.62. The Bertz CT molecular complexity index is 727. The number of sulfonamides is 1. The molecule has 27 heavy (non-hydrogen) atoms. The van der Waals surface area contributed by atoms with Crippen LogP contribution in [0.15, 0.2) is 29.2 Å². The Kier molecular flexibility index (Phi) is 6.89. The van der Waals surface area contributed by atoms with Gasteiger partial charge in [-0.05, 0) is 69.5 Å². The minimum absolute atomic E-state index is 0.0467. The van der Waals surface area contributed by atoms with E-state index in [4.69, 9.17) is 0 Å². The second kappa shape index (κ2) is 9.17. The summed E-state index contributed by atoms with van der Waals surface area (Å²) in [4.78, 5) is 14.7. The lowest BCUT2D eigenvalue weighted by Crippen LogP contribution is -2.43. The SMILES string of the molecule is CCC1CCCCN1S(=O)(=O)c1ccc(NC(=O)CN2CCCCC2)cc1. The summed E-state index contributed by atoms with van der Waals surface area (Å²) in [6.07, 6.45) is 7.31. The second-order valence-electron chi connectivity index (χ2n) is 7.58. The zero-order chi connectivity index (χ0) is 19.3. The van der Waals surface area contributed by atoms with E-state index in [9.17, 15) is 13.2 Å². The number of carbonyl (C=O) groups is 1. The summed E-state index contributed by atoms with van der Waals surface area (Å²) in [6, 6.07) is 6.67. The summed E-state index contributed by atoms with van der Waals surface area (Å²) in [5, 5.41) is 2.88. The van der Waals surface area contributed by atoms with Crippen LogP contribution >= 0.6 is 0 Å². The van der Waals surface area contributed by atoms with Gasteiger partial charge in [0.25, 0.3) is 0 Å². The highest BCUT2D eigenvalue weighted by Gasteiger charge is 2.32. The van der Waals surface area contributed by atoms with Gasteiger partial charge in [0.05, 0.1) is 11.4 Å². The fraction of sp³-hybridized carbons (Fsp3) is 0.650. The smallest absolute Gasteiger partial charge is 0.243 e. The molecule has 7 heteroatoms. The molecule has 6 nitrogen and oxygen atoms in total. The Morgan fingerprint density at radius 1 is 1.04 bits per heavy atom. The number of hydrogen-bond donors (Lipinski definition) is 1. The number of anilines is 1. The van der Waals surface area contributed by atoms with Crippen molar-refractivity contribution >= 4 is 21.6 Å². The Labute approximate surface area is 163 Å². The van der Waals surface area contributed by atoms with Gasteiger partial charge < -0.3 is 5.32 Å². The van der Waals surface area contributed by atoms with Crippen molar-refractivity contribution in [1.82, 2.24) is 9.21 Å². The second-order valence-corrected chi connectivity index (χ2v) is 9.47. The van der Waals surface area contributed by atoms with E-state index >= 15 is 0 Å². The number of hydrogen-bond acceptors (Lipinski definition) is 4. The van der Waals surface area contributed by atoms with Gasteiger partial charge in [0, 0.05) is 18.3 Å². The summed E-state index contributed by atoms with van der Waals surface area (Å²) in [6.45, 7) is 4.97. The van der Waals surface area contributed by atoms with Crippen molar-refractivity contribution < 1.29 is 13.2 Å². The third-order valence-electron chi connectivity index (χ3n) is 5.60. The summed E-state index contributed by atoms with van der Waals surface area (Å²) < 4.78 is 27.6. The van der Waals surface area contributed by atoms with Crippen molar-refractivity contribution in [3.63, 3.8) is 0 Å². The molecule has 2 heterocycles. The maximum absolute atomic E-state index is 13.0. The normalized spacial score (nSPS) is 22.5. The molecule has 1 N–H and O–H groups in total. The molecule has 1 aromatic carbocycles. The fourth-order valence-electron chi connectivity index (χ4n) is 4.07. The summed E-state index contributed by atoms with van der Waals surface area (Å²) in [7, 11) is -3.48. The largest absolute Gasteiger partial charge is 0.325 e. The maximum atomic E-state index is 13.0. The lowest BCUT2D eigenvalue weighted by molar-refractivity contribution is -0.117. The molecule has 0 radical (unpaired) electrons. The molecule has 3 rings (SSSR count). The van der Waals surface area contributed by atoms with Gasteiger partial charge in [-0.25, -0.2) is 8.42 Å². The third kappa shape index (κ3) is 5.09. The van der Waals surface area contributed by atoms with Gasteiger partial charge in [0.2, 0.25) is 15.9 Å². The van der Waals surface area contributed by atoms with Crippen molar-refractivity contribution in [1.29, 1.82) is 0 Å². The molecule has 150 valence electrons. The molecule has 0 saturated carbocycles. The molecule has 0 bridgehead atoms. The molecular formula is C20H31N3O3S. The van der Waals surface area contributed by atoms with E-state index in [1.807, 2.05) is 6.92 Å². The quantitative estimate of drug-likeness (QED) is 0.806. The highest BCUT2D eigenvalue weighted by Crippen LogP contribution is 2.27. The first-order chi connectivity index (χ1) is 13.0. The highest BCUT2D eigenvalue weighted by molar-refractivity contribution is 7.89. The van der Waals surface area contributed by atoms with E-state index in [1.165, 1.54) is 6.42 Å². The molecule has 1 aromatic rings. The highest BCUT2D eigenvalue weighted by atomic mass is 32.2. The Hall–Kier alpha value is -1.44. The van der Waals surface area contributed by atoms with Gasteiger partial charge >= 0.3 is 0 Å². The molecule has 2 saturated heterocycles. The van der Waals surface area contributed by atoms with Crippen molar-refractivity contribution in [2.75, 3.05) is 31.5 Å². The van der Waals surface area contributed by atoms with Gasteiger partial charge in [-0.3, -0.25) is 9.69 Å². The zero-order valence-electron chi connectivity index (χ0n) is 16.2. The number of nitrogens with one attached hydrogen (secondary N) is 1. The predicted molar refractivity (Wildman–Crippen MR) is 107 cm³/mol. The number of likely N-dealkylation sites (tertiary alicyclic amines) is 1. The van der Waals surface area contributed by atoms with Crippen LogP contribution in [0.25, 0.3) is 0 Å². The topological polar surface area (TPSA) is 69.7 Å². The first kappa shape index (κ1) is 20.3. The van der Waals surface area contributed by atoms with E-state index in [0.29, 0.717) is 23.7 Å². The average molecular weight is 394 g/mol. The summed E-state index contributed by atoms with van der Waals surface area (Å²) in [5.74, 6) is -0.0467. The van der Waals surface area contributed by atoms with E-state index < -0.39 is 10.0 Å². The van der Waals surface area contributed by atoms with Crippen LogP contribution in [0.3, 0.4) is 0 Å². The van der Waals surface area contributed by atoms with Crippen molar-refractivity contribution in [2.24, 2.45) is 0 Å². The fourth-order valence-corrected chi connectivity index (χ4v) is 5.83.